The van der Waals surface area contributed by atoms with E-state index >= 15 is 0 Å². The quantitative estimate of drug-likeness (QED) is 0.0833. The standard InChI is InChI=1S/C34H33NO5S.C18H20O4/c1-4-37-33(36)34(3,40-29-12-6-5-7-13-29)23-25-15-17-28(18-16-25)38-20-19-30-24(2)39-32(35-30)27-11-8-10-26(22-27)31-14-9-21-41-31;1-3-21-17(20)18(2,22-16-7-5-4-6-8-16)13-14-9-11-15(19)12-10-14/h5-18,21-22H,4,19-20,23H2,1-3H3;4-12,19H,3,13H2,1-2H3. The summed E-state index contributed by atoms with van der Waals surface area (Å²) < 4.78 is 34.5. The molecule has 0 aliphatic rings. The minimum atomic E-state index is -1.16. The van der Waals surface area contributed by atoms with E-state index in [-0.39, 0.29) is 12.4 Å². The predicted octanol–water partition coefficient (Wildman–Crippen LogP) is 11.3. The summed E-state index contributed by atoms with van der Waals surface area (Å²) in [5.74, 6) is 2.74. The van der Waals surface area contributed by atoms with Crippen molar-refractivity contribution in [2.24, 2.45) is 0 Å². The molecule has 0 aliphatic carbocycles. The van der Waals surface area contributed by atoms with Gasteiger partial charge >= 0.3 is 11.9 Å². The minimum absolute atomic E-state index is 0.186. The van der Waals surface area contributed by atoms with Crippen molar-refractivity contribution in [1.82, 2.24) is 4.98 Å². The Hall–Kier alpha value is -6.85. The second kappa shape index (κ2) is 21.8. The number of ether oxygens (including phenoxy) is 5. The number of thiophene rings is 1. The third-order valence-corrected chi connectivity index (χ3v) is 10.9. The fourth-order valence-corrected chi connectivity index (χ4v) is 7.48. The van der Waals surface area contributed by atoms with Gasteiger partial charge in [0, 0.05) is 29.7 Å². The van der Waals surface area contributed by atoms with E-state index in [1.807, 2.05) is 91.9 Å². The van der Waals surface area contributed by atoms with E-state index < -0.39 is 23.1 Å². The molecule has 7 rings (SSSR count). The molecule has 5 aromatic carbocycles. The molecule has 7 aromatic rings. The Bertz CT molecular complexity index is 2490. The van der Waals surface area contributed by atoms with Gasteiger partial charge in [-0.15, -0.1) is 11.3 Å². The fourth-order valence-electron chi connectivity index (χ4n) is 6.76. The minimum Gasteiger partial charge on any atom is -0.508 e. The average molecular weight is 868 g/mol. The van der Waals surface area contributed by atoms with Gasteiger partial charge in [-0.05, 0) is 123 Å². The molecule has 0 saturated carbocycles. The number of aromatic nitrogens is 1. The van der Waals surface area contributed by atoms with Crippen LogP contribution in [0, 0.1) is 6.92 Å². The molecular formula is C52H53NO9S. The van der Waals surface area contributed by atoms with E-state index in [0.717, 1.165) is 39.5 Å². The van der Waals surface area contributed by atoms with E-state index in [4.69, 9.17) is 33.1 Å². The highest BCUT2D eigenvalue weighted by Gasteiger charge is 2.39. The Morgan fingerprint density at radius 1 is 0.651 bits per heavy atom. The zero-order valence-electron chi connectivity index (χ0n) is 36.2. The molecule has 2 aromatic heterocycles. The molecule has 0 spiro atoms. The third-order valence-electron chi connectivity index (χ3n) is 9.95. The van der Waals surface area contributed by atoms with E-state index in [1.165, 1.54) is 4.88 Å². The van der Waals surface area contributed by atoms with Crippen molar-refractivity contribution in [2.45, 2.75) is 65.1 Å². The highest BCUT2D eigenvalue weighted by Crippen LogP contribution is 2.31. The molecule has 2 atom stereocenters. The van der Waals surface area contributed by atoms with Gasteiger partial charge in [0.05, 0.1) is 25.5 Å². The fraction of sp³-hybridized carbons (Fsp3) is 0.250. The molecule has 0 saturated heterocycles. The maximum atomic E-state index is 12.8. The summed E-state index contributed by atoms with van der Waals surface area (Å²) in [5.41, 5.74) is 2.50. The van der Waals surface area contributed by atoms with Crippen molar-refractivity contribution < 1.29 is 42.8 Å². The molecule has 0 fully saturated rings. The number of phenols is 1. The van der Waals surface area contributed by atoms with E-state index in [2.05, 4.69) is 29.6 Å². The maximum Gasteiger partial charge on any atom is 0.350 e. The van der Waals surface area contributed by atoms with E-state index in [0.29, 0.717) is 49.9 Å². The van der Waals surface area contributed by atoms with Crippen LogP contribution in [0.4, 0.5) is 0 Å². The van der Waals surface area contributed by atoms with Crippen LogP contribution < -0.4 is 14.2 Å². The second-order valence-electron chi connectivity index (χ2n) is 15.1. The monoisotopic (exact) mass is 867 g/mol. The van der Waals surface area contributed by atoms with Crippen molar-refractivity contribution in [3.05, 3.63) is 174 Å². The van der Waals surface area contributed by atoms with Crippen molar-refractivity contribution in [1.29, 1.82) is 0 Å². The van der Waals surface area contributed by atoms with Gasteiger partial charge in [-0.2, -0.15) is 0 Å². The van der Waals surface area contributed by atoms with Crippen LogP contribution in [0.3, 0.4) is 0 Å². The number of aryl methyl sites for hydroxylation is 1. The molecule has 11 heteroatoms. The van der Waals surface area contributed by atoms with Crippen molar-refractivity contribution in [3.63, 3.8) is 0 Å². The Morgan fingerprint density at radius 2 is 1.19 bits per heavy atom. The molecule has 326 valence electrons. The zero-order valence-corrected chi connectivity index (χ0v) is 37.1. The predicted molar refractivity (Wildman–Crippen MR) is 245 cm³/mol. The van der Waals surface area contributed by atoms with E-state index in [9.17, 15) is 14.7 Å². The number of carbonyl (C=O) groups is 2. The van der Waals surface area contributed by atoms with Crippen LogP contribution in [-0.2, 0) is 38.3 Å². The normalized spacial score (nSPS) is 12.7. The number of rotatable bonds is 18. The Morgan fingerprint density at radius 3 is 1.71 bits per heavy atom. The first-order valence-corrected chi connectivity index (χ1v) is 21.8. The van der Waals surface area contributed by atoms with Gasteiger partial charge in [-0.1, -0.05) is 78.9 Å². The smallest absolute Gasteiger partial charge is 0.350 e. The lowest BCUT2D eigenvalue weighted by Crippen LogP contribution is -2.45. The summed E-state index contributed by atoms with van der Waals surface area (Å²) in [4.78, 5) is 31.1. The van der Waals surface area contributed by atoms with Crippen LogP contribution in [-0.4, -0.2) is 53.1 Å². The molecule has 0 aliphatic heterocycles. The number of carbonyl (C=O) groups excluding carboxylic acids is 2. The Kier molecular flexibility index (Phi) is 15.8. The number of benzene rings is 5. The van der Waals surface area contributed by atoms with Crippen LogP contribution >= 0.6 is 11.3 Å². The van der Waals surface area contributed by atoms with Gasteiger partial charge in [0.2, 0.25) is 17.1 Å². The topological polar surface area (TPSA) is 127 Å². The number of hydrogen-bond acceptors (Lipinski definition) is 11. The van der Waals surface area contributed by atoms with Crippen LogP contribution in [0.5, 0.6) is 23.0 Å². The number of oxazole rings is 1. The summed E-state index contributed by atoms with van der Waals surface area (Å²) in [6, 6.07) is 45.3. The number of phenolic OH excluding ortho intramolecular Hbond substituents is 1. The van der Waals surface area contributed by atoms with Crippen molar-refractivity contribution >= 4 is 23.3 Å². The first-order valence-electron chi connectivity index (χ1n) is 20.9. The lowest BCUT2D eigenvalue weighted by atomic mass is 9.96. The lowest BCUT2D eigenvalue weighted by Gasteiger charge is -2.28. The third kappa shape index (κ3) is 12.8. The van der Waals surface area contributed by atoms with Crippen LogP contribution in [0.2, 0.25) is 0 Å². The van der Waals surface area contributed by atoms with Gasteiger partial charge in [-0.25, -0.2) is 14.6 Å². The zero-order chi connectivity index (χ0) is 44.7. The number of para-hydroxylation sites is 2. The summed E-state index contributed by atoms with van der Waals surface area (Å²) in [6.45, 7) is 10.00. The van der Waals surface area contributed by atoms with Crippen LogP contribution in [0.1, 0.15) is 50.3 Å². The van der Waals surface area contributed by atoms with Gasteiger partial charge in [0.1, 0.15) is 28.8 Å². The van der Waals surface area contributed by atoms with Crippen LogP contribution in [0.15, 0.2) is 155 Å². The highest BCUT2D eigenvalue weighted by molar-refractivity contribution is 7.13. The molecule has 2 unspecified atom stereocenters. The molecule has 0 radical (unpaired) electrons. The molecule has 10 nitrogen and oxygen atoms in total. The summed E-state index contributed by atoms with van der Waals surface area (Å²) in [6.07, 6.45) is 1.32. The first-order chi connectivity index (χ1) is 30.5. The molecule has 0 amide bonds. The Labute approximate surface area is 373 Å². The molecule has 2 heterocycles. The summed E-state index contributed by atoms with van der Waals surface area (Å²) >= 11 is 1.71. The van der Waals surface area contributed by atoms with Gasteiger partial charge in [0.25, 0.3) is 0 Å². The maximum absolute atomic E-state index is 12.8. The molecule has 63 heavy (non-hydrogen) atoms. The van der Waals surface area contributed by atoms with Crippen molar-refractivity contribution in [2.75, 3.05) is 19.8 Å². The number of nitrogens with zero attached hydrogens (tertiary/aromatic N) is 1. The Balaban J connectivity index is 0.000000253. The summed E-state index contributed by atoms with van der Waals surface area (Å²) in [5, 5.41) is 11.4. The van der Waals surface area contributed by atoms with Crippen molar-refractivity contribution in [3.8, 4) is 44.9 Å². The molecule has 1 N–H and O–H groups in total. The largest absolute Gasteiger partial charge is 0.508 e. The number of hydrogen-bond donors (Lipinski definition) is 1. The first kappa shape index (κ1) is 45.7. The highest BCUT2D eigenvalue weighted by atomic mass is 32.1. The van der Waals surface area contributed by atoms with Gasteiger partial charge < -0.3 is 33.2 Å². The number of esters is 2. The number of aromatic hydroxyl groups is 1. The van der Waals surface area contributed by atoms with Gasteiger partial charge in [-0.3, -0.25) is 0 Å². The van der Waals surface area contributed by atoms with Crippen LogP contribution in [0.25, 0.3) is 21.9 Å². The average Bonchev–Trinajstić information content (AvgIpc) is 3.97. The second-order valence-corrected chi connectivity index (χ2v) is 16.0. The SMILES string of the molecule is CCOC(=O)C(C)(Cc1ccc(O)cc1)Oc1ccccc1.CCOC(=O)C(C)(Cc1ccc(OCCc2nc(-c3cccc(-c4cccs4)c3)oc2C)cc1)Oc1ccccc1. The van der Waals surface area contributed by atoms with Gasteiger partial charge in [0.15, 0.2) is 0 Å². The lowest BCUT2D eigenvalue weighted by molar-refractivity contribution is -0.160. The molecular weight excluding hydrogens is 815 g/mol. The summed E-state index contributed by atoms with van der Waals surface area (Å²) in [7, 11) is 0. The molecule has 0 bridgehead atoms. The van der Waals surface area contributed by atoms with E-state index in [1.54, 1.807) is 75.4 Å².